The van der Waals surface area contributed by atoms with Crippen LogP contribution >= 0.6 is 11.8 Å². The van der Waals surface area contributed by atoms with Crippen molar-refractivity contribution in [2.45, 2.75) is 128 Å². The molecule has 2 rings (SSSR count). The lowest BCUT2D eigenvalue weighted by Gasteiger charge is -2.27. The Morgan fingerprint density at radius 2 is 1.56 bits per heavy atom. The minimum Gasteiger partial charge on any atom is -0.481 e. The second-order valence-electron chi connectivity index (χ2n) is 10.3. The van der Waals surface area contributed by atoms with Crippen molar-refractivity contribution in [1.29, 1.82) is 0 Å². The van der Waals surface area contributed by atoms with Crippen molar-refractivity contribution < 1.29 is 19.4 Å². The average Bonchev–Trinajstić information content (AvgIpc) is 3.43. The molecule has 0 unspecified atom stereocenters. The monoisotopic (exact) mass is 496 g/mol. The number of allylic oxidation sites excluding steroid dienone is 2. The van der Waals surface area contributed by atoms with Gasteiger partial charge in [0.25, 0.3) is 0 Å². The van der Waals surface area contributed by atoms with Crippen LogP contribution in [0.5, 0.6) is 0 Å². The van der Waals surface area contributed by atoms with Crippen LogP contribution in [0.3, 0.4) is 0 Å². The van der Waals surface area contributed by atoms with Crippen LogP contribution in [0.1, 0.15) is 116 Å². The van der Waals surface area contributed by atoms with E-state index in [1.165, 1.54) is 95.0 Å². The number of hydrogen-bond acceptors (Lipinski definition) is 4. The van der Waals surface area contributed by atoms with Crippen molar-refractivity contribution in [3.63, 3.8) is 0 Å². The van der Waals surface area contributed by atoms with Gasteiger partial charge in [0.15, 0.2) is 0 Å². The first kappa shape index (κ1) is 29.7. The molecule has 34 heavy (non-hydrogen) atoms. The molecule has 5 heteroatoms. The zero-order valence-corrected chi connectivity index (χ0v) is 22.7. The minimum atomic E-state index is -0.694. The predicted octanol–water partition coefficient (Wildman–Crippen LogP) is 8.04. The summed E-state index contributed by atoms with van der Waals surface area (Å²) in [5.74, 6) is 3.28. The molecule has 0 amide bonds. The van der Waals surface area contributed by atoms with Gasteiger partial charge in [-0.3, -0.25) is 4.79 Å². The number of unbranched alkanes of at least 4 members (excludes halogenated alkanes) is 8. The molecule has 2 heterocycles. The van der Waals surface area contributed by atoms with Gasteiger partial charge in [0, 0.05) is 19.6 Å². The molecule has 2 aliphatic rings. The maximum absolute atomic E-state index is 10.6. The number of rotatable bonds is 23. The fraction of sp³-hybridized carbons (Fsp3) is 0.897. The van der Waals surface area contributed by atoms with Crippen LogP contribution in [0, 0.1) is 11.8 Å². The molecule has 2 fully saturated rings. The summed E-state index contributed by atoms with van der Waals surface area (Å²) in [7, 11) is 0. The summed E-state index contributed by atoms with van der Waals surface area (Å²) in [5.41, 5.74) is 0. The van der Waals surface area contributed by atoms with Gasteiger partial charge in [-0.05, 0) is 87.5 Å². The van der Waals surface area contributed by atoms with Gasteiger partial charge in [0.2, 0.25) is 0 Å². The Balaban J connectivity index is 1.41. The molecule has 0 aromatic rings. The molecule has 0 saturated carbocycles. The van der Waals surface area contributed by atoms with E-state index in [2.05, 4.69) is 30.8 Å². The van der Waals surface area contributed by atoms with Crippen molar-refractivity contribution in [3.05, 3.63) is 12.2 Å². The number of carbonyl (C=O) groups is 1. The standard InChI is InChI=1S/C29H52O4S/c1-2-3-4-5-8-12-21-32-22-13-15-24-34-23-14-11-17-26-25(27-19-20-28(26)33-27)16-9-6-7-10-18-29(30)31/h6,9,25-28H,2-5,7-8,10-24H2,1H3,(H,30,31)/t25-,26+,27-,28+/m1/s1. The molecular formula is C29H52O4S. The lowest BCUT2D eigenvalue weighted by Crippen LogP contribution is -2.26. The average molecular weight is 497 g/mol. The molecule has 198 valence electrons. The molecule has 2 saturated heterocycles. The highest BCUT2D eigenvalue weighted by Gasteiger charge is 2.47. The van der Waals surface area contributed by atoms with E-state index in [4.69, 9.17) is 14.6 Å². The highest BCUT2D eigenvalue weighted by atomic mass is 32.2. The highest BCUT2D eigenvalue weighted by molar-refractivity contribution is 7.99. The highest BCUT2D eigenvalue weighted by Crippen LogP contribution is 2.47. The van der Waals surface area contributed by atoms with E-state index >= 15 is 0 Å². The van der Waals surface area contributed by atoms with Crippen LogP contribution in [-0.2, 0) is 14.3 Å². The van der Waals surface area contributed by atoms with Gasteiger partial charge in [-0.1, -0.05) is 57.6 Å². The molecule has 0 aromatic heterocycles. The van der Waals surface area contributed by atoms with E-state index in [9.17, 15) is 4.79 Å². The van der Waals surface area contributed by atoms with Crippen molar-refractivity contribution in [3.8, 4) is 0 Å². The Bertz CT molecular complexity index is 538. The topological polar surface area (TPSA) is 55.8 Å². The van der Waals surface area contributed by atoms with Crippen molar-refractivity contribution in [1.82, 2.24) is 0 Å². The quantitative estimate of drug-likeness (QED) is 0.115. The number of hydrogen-bond donors (Lipinski definition) is 1. The van der Waals surface area contributed by atoms with Crippen LogP contribution in [0.2, 0.25) is 0 Å². The van der Waals surface area contributed by atoms with Crippen molar-refractivity contribution in [2.24, 2.45) is 11.8 Å². The molecule has 0 aromatic carbocycles. The lowest BCUT2D eigenvalue weighted by atomic mass is 9.75. The Kier molecular flexibility index (Phi) is 17.2. The molecule has 0 radical (unpaired) electrons. The van der Waals surface area contributed by atoms with Gasteiger partial charge >= 0.3 is 5.97 Å². The van der Waals surface area contributed by atoms with Crippen molar-refractivity contribution >= 4 is 17.7 Å². The third kappa shape index (κ3) is 13.0. The van der Waals surface area contributed by atoms with Gasteiger partial charge in [-0.25, -0.2) is 0 Å². The van der Waals surface area contributed by atoms with Crippen LogP contribution in [-0.4, -0.2) is 48.0 Å². The number of ether oxygens (including phenoxy) is 2. The minimum absolute atomic E-state index is 0.273. The third-order valence-corrected chi connectivity index (χ3v) is 8.63. The first-order valence-electron chi connectivity index (χ1n) is 14.4. The second-order valence-corrected chi connectivity index (χ2v) is 11.5. The summed E-state index contributed by atoms with van der Waals surface area (Å²) < 4.78 is 12.0. The fourth-order valence-corrected chi connectivity index (χ4v) is 6.54. The van der Waals surface area contributed by atoms with E-state index in [1.807, 2.05) is 0 Å². The number of carboxylic acids is 1. The van der Waals surface area contributed by atoms with E-state index in [0.29, 0.717) is 18.1 Å². The molecular weight excluding hydrogens is 444 g/mol. The summed E-state index contributed by atoms with van der Waals surface area (Å²) in [5, 5.41) is 8.74. The molecule has 4 nitrogen and oxygen atoms in total. The SMILES string of the molecule is CCCCCCCCOCCCCSCCCC[C@H]1[C@@H](CC=CCCCC(=O)O)[C@H]2CC[C@@H]1O2. The molecule has 2 aliphatic heterocycles. The Labute approximate surface area is 214 Å². The summed E-state index contributed by atoms with van der Waals surface area (Å²) in [6.45, 7) is 4.16. The summed E-state index contributed by atoms with van der Waals surface area (Å²) in [6, 6.07) is 0. The van der Waals surface area contributed by atoms with Crippen LogP contribution < -0.4 is 0 Å². The first-order chi connectivity index (χ1) is 16.7. The van der Waals surface area contributed by atoms with Gasteiger partial charge in [-0.2, -0.15) is 11.8 Å². The number of fused-ring (bicyclic) bond motifs is 2. The van der Waals surface area contributed by atoms with E-state index in [0.717, 1.165) is 38.4 Å². The Morgan fingerprint density at radius 3 is 2.32 bits per heavy atom. The van der Waals surface area contributed by atoms with Crippen LogP contribution in [0.25, 0.3) is 0 Å². The first-order valence-corrected chi connectivity index (χ1v) is 15.6. The van der Waals surface area contributed by atoms with Crippen molar-refractivity contribution in [2.75, 3.05) is 24.7 Å². The van der Waals surface area contributed by atoms with Gasteiger partial charge in [0.05, 0.1) is 12.2 Å². The number of thioether (sulfide) groups is 1. The molecule has 0 aliphatic carbocycles. The molecule has 2 bridgehead atoms. The van der Waals surface area contributed by atoms with E-state index in [1.54, 1.807) is 0 Å². The third-order valence-electron chi connectivity index (χ3n) is 7.47. The van der Waals surface area contributed by atoms with Crippen LogP contribution in [0.4, 0.5) is 0 Å². The fourth-order valence-electron chi connectivity index (χ4n) is 5.52. The van der Waals surface area contributed by atoms with E-state index < -0.39 is 5.97 Å². The normalized spacial score (nSPS) is 23.9. The predicted molar refractivity (Wildman–Crippen MR) is 145 cm³/mol. The lowest BCUT2D eigenvalue weighted by molar-refractivity contribution is -0.137. The largest absolute Gasteiger partial charge is 0.481 e. The van der Waals surface area contributed by atoms with Gasteiger partial charge in [0.1, 0.15) is 0 Å². The van der Waals surface area contributed by atoms with Gasteiger partial charge < -0.3 is 14.6 Å². The van der Waals surface area contributed by atoms with Crippen LogP contribution in [0.15, 0.2) is 12.2 Å². The molecule has 1 N–H and O–H groups in total. The molecule has 4 atom stereocenters. The number of carboxylic acid groups (broad SMARTS) is 1. The number of aliphatic carboxylic acids is 1. The summed E-state index contributed by atoms with van der Waals surface area (Å²) >= 11 is 2.12. The maximum atomic E-state index is 10.6. The second kappa shape index (κ2) is 19.6. The summed E-state index contributed by atoms with van der Waals surface area (Å²) in [4.78, 5) is 10.6. The van der Waals surface area contributed by atoms with E-state index in [-0.39, 0.29) is 6.42 Å². The maximum Gasteiger partial charge on any atom is 0.303 e. The summed E-state index contributed by atoms with van der Waals surface area (Å²) in [6.07, 6.45) is 25.4. The Morgan fingerprint density at radius 1 is 0.882 bits per heavy atom. The Hall–Kier alpha value is -0.520. The molecule has 0 spiro atoms. The van der Waals surface area contributed by atoms with Gasteiger partial charge in [-0.15, -0.1) is 0 Å². The smallest absolute Gasteiger partial charge is 0.303 e. The zero-order chi connectivity index (χ0) is 24.3. The zero-order valence-electron chi connectivity index (χ0n) is 21.9.